The van der Waals surface area contributed by atoms with E-state index < -0.39 is 23.3 Å². The molecule has 30 heavy (non-hydrogen) atoms. The van der Waals surface area contributed by atoms with Crippen molar-refractivity contribution in [3.8, 4) is 18.1 Å². The van der Waals surface area contributed by atoms with Crippen LogP contribution in [-0.4, -0.2) is 52.6 Å². The Hall–Kier alpha value is -2.63. The summed E-state index contributed by atoms with van der Waals surface area (Å²) in [5.41, 5.74) is 1.11. The minimum atomic E-state index is -0.998. The third-order valence-electron chi connectivity index (χ3n) is 4.63. The van der Waals surface area contributed by atoms with Gasteiger partial charge in [-0.05, 0) is 30.5 Å². The van der Waals surface area contributed by atoms with E-state index in [1.807, 2.05) is 32.0 Å². The molecule has 0 aliphatic heterocycles. The molecule has 3 atom stereocenters. The molecule has 0 aliphatic rings. The molecule has 8 heteroatoms. The number of carbonyl (C=O) groups is 2. The average Bonchev–Trinajstić information content (AvgIpc) is 3.14. The van der Waals surface area contributed by atoms with Crippen molar-refractivity contribution in [2.75, 3.05) is 19.1 Å². The van der Waals surface area contributed by atoms with Gasteiger partial charge in [-0.25, -0.2) is 0 Å². The molecule has 7 nitrogen and oxygen atoms in total. The number of H-pyrrole nitrogens is 1. The van der Waals surface area contributed by atoms with Gasteiger partial charge in [0, 0.05) is 17.3 Å². The lowest BCUT2D eigenvalue weighted by molar-refractivity contribution is -0.123. The number of amides is 2. The summed E-state index contributed by atoms with van der Waals surface area (Å²) in [6.07, 6.45) is 7.96. The molecule has 0 fully saturated rings. The lowest BCUT2D eigenvalue weighted by Gasteiger charge is -2.22. The Bertz CT molecular complexity index is 917. The number of hydrogen-bond donors (Lipinski definition) is 3. The van der Waals surface area contributed by atoms with Crippen LogP contribution in [0.5, 0.6) is 5.75 Å². The molecule has 1 aromatic carbocycles. The Labute approximate surface area is 180 Å². The zero-order valence-corrected chi connectivity index (χ0v) is 18.6. The number of hydrogen-bond acceptors (Lipinski definition) is 4. The van der Waals surface area contributed by atoms with Gasteiger partial charge in [0.15, 0.2) is 0 Å². The number of benzene rings is 1. The molecule has 0 saturated heterocycles. The number of rotatable bonds is 10. The SMILES string of the molecule is C#C[C@H](CC[S+](C)[O-])NC(=O)[C@H](CC(C)C)NC(=O)c1cc2c(OC)cccc2[nH]1. The standard InChI is InChI=1S/C22H29N3O4S/c1-6-15(10-11-30(5)28)23-21(26)18(12-14(2)3)25-22(27)19-13-16-17(24-19)8-7-9-20(16)29-4/h1,7-9,13-15,18,24H,10-12H2,2-5H3,(H,23,26)(H,25,27)/t15-,18+,30?/m1/s1. The van der Waals surface area contributed by atoms with Crippen molar-refractivity contribution in [1.29, 1.82) is 0 Å². The first-order valence-corrected chi connectivity index (χ1v) is 11.5. The highest BCUT2D eigenvalue weighted by Gasteiger charge is 2.25. The first-order valence-electron chi connectivity index (χ1n) is 9.78. The zero-order valence-electron chi connectivity index (χ0n) is 17.8. The van der Waals surface area contributed by atoms with Gasteiger partial charge in [0.05, 0.1) is 19.4 Å². The van der Waals surface area contributed by atoms with Gasteiger partial charge < -0.3 is 24.9 Å². The molecular formula is C22H29N3O4S. The lowest BCUT2D eigenvalue weighted by atomic mass is 10.0. The lowest BCUT2D eigenvalue weighted by Crippen LogP contribution is -2.50. The van der Waals surface area contributed by atoms with Crippen LogP contribution < -0.4 is 15.4 Å². The summed E-state index contributed by atoms with van der Waals surface area (Å²) in [6, 6.07) is 5.92. The van der Waals surface area contributed by atoms with E-state index in [4.69, 9.17) is 11.2 Å². The van der Waals surface area contributed by atoms with Crippen molar-refractivity contribution in [3.63, 3.8) is 0 Å². The van der Waals surface area contributed by atoms with Crippen LogP contribution in [0, 0.1) is 18.3 Å². The number of carbonyl (C=O) groups excluding carboxylic acids is 2. The van der Waals surface area contributed by atoms with Crippen LogP contribution in [0.2, 0.25) is 0 Å². The van der Waals surface area contributed by atoms with Crippen molar-refractivity contribution in [2.24, 2.45) is 5.92 Å². The van der Waals surface area contributed by atoms with Crippen molar-refractivity contribution in [2.45, 2.75) is 38.8 Å². The summed E-state index contributed by atoms with van der Waals surface area (Å²) in [4.78, 5) is 28.7. The number of aromatic amines is 1. The van der Waals surface area contributed by atoms with Gasteiger partial charge in [-0.3, -0.25) is 9.59 Å². The number of ether oxygens (including phenoxy) is 1. The first-order chi connectivity index (χ1) is 14.2. The zero-order chi connectivity index (χ0) is 22.3. The second kappa shape index (κ2) is 11.0. The minimum Gasteiger partial charge on any atom is -0.617 e. The summed E-state index contributed by atoms with van der Waals surface area (Å²) in [6.45, 7) is 3.94. The topological polar surface area (TPSA) is 106 Å². The molecule has 2 amide bonds. The maximum Gasteiger partial charge on any atom is 0.268 e. The van der Waals surface area contributed by atoms with E-state index in [0.717, 1.165) is 10.9 Å². The van der Waals surface area contributed by atoms with E-state index in [1.165, 1.54) is 0 Å². The van der Waals surface area contributed by atoms with Gasteiger partial charge >= 0.3 is 0 Å². The monoisotopic (exact) mass is 431 g/mol. The van der Waals surface area contributed by atoms with Crippen molar-refractivity contribution >= 4 is 33.9 Å². The molecule has 1 aromatic heterocycles. The van der Waals surface area contributed by atoms with E-state index in [1.54, 1.807) is 19.4 Å². The van der Waals surface area contributed by atoms with Gasteiger partial charge in [0.2, 0.25) is 5.91 Å². The predicted molar refractivity (Wildman–Crippen MR) is 120 cm³/mol. The number of methoxy groups -OCH3 is 1. The fourth-order valence-electron chi connectivity index (χ4n) is 3.12. The van der Waals surface area contributed by atoms with Crippen LogP contribution in [0.3, 0.4) is 0 Å². The van der Waals surface area contributed by atoms with Gasteiger partial charge in [0.1, 0.15) is 23.2 Å². The number of terminal acetylenes is 1. The van der Waals surface area contributed by atoms with E-state index in [-0.39, 0.29) is 17.7 Å². The molecule has 0 saturated carbocycles. The van der Waals surface area contributed by atoms with E-state index in [9.17, 15) is 14.1 Å². The van der Waals surface area contributed by atoms with Gasteiger partial charge in [-0.1, -0.05) is 37.0 Å². The summed E-state index contributed by atoms with van der Waals surface area (Å²) >= 11 is -0.998. The highest BCUT2D eigenvalue weighted by atomic mass is 32.2. The van der Waals surface area contributed by atoms with Crippen molar-refractivity contribution in [1.82, 2.24) is 15.6 Å². The molecule has 1 unspecified atom stereocenters. The summed E-state index contributed by atoms with van der Waals surface area (Å²) in [5, 5.41) is 6.37. The molecule has 162 valence electrons. The Morgan fingerprint density at radius 2 is 2.07 bits per heavy atom. The molecule has 2 rings (SSSR count). The van der Waals surface area contributed by atoms with Crippen molar-refractivity contribution < 1.29 is 18.9 Å². The fourth-order valence-corrected chi connectivity index (χ4v) is 3.69. The largest absolute Gasteiger partial charge is 0.617 e. The highest BCUT2D eigenvalue weighted by molar-refractivity contribution is 7.90. The quantitative estimate of drug-likeness (QED) is 0.396. The van der Waals surface area contributed by atoms with Crippen LogP contribution in [0.4, 0.5) is 0 Å². The van der Waals surface area contributed by atoms with Crippen LogP contribution in [0.25, 0.3) is 10.9 Å². The maximum atomic E-state index is 12.8. The van der Waals surface area contributed by atoms with Gasteiger partial charge in [0.25, 0.3) is 5.91 Å². The minimum absolute atomic E-state index is 0.177. The molecule has 1 heterocycles. The fraction of sp³-hybridized carbons (Fsp3) is 0.455. The van der Waals surface area contributed by atoms with Crippen LogP contribution in [-0.2, 0) is 16.0 Å². The molecule has 3 N–H and O–H groups in total. The average molecular weight is 432 g/mol. The second-order valence-corrected chi connectivity index (χ2v) is 9.11. The predicted octanol–water partition coefficient (Wildman–Crippen LogP) is 2.21. The molecule has 0 radical (unpaired) electrons. The van der Waals surface area contributed by atoms with E-state index >= 15 is 0 Å². The third kappa shape index (κ3) is 6.44. The van der Waals surface area contributed by atoms with E-state index in [0.29, 0.717) is 30.0 Å². The molecular weight excluding hydrogens is 402 g/mol. The summed E-state index contributed by atoms with van der Waals surface area (Å²) < 4.78 is 16.6. The highest BCUT2D eigenvalue weighted by Crippen LogP contribution is 2.26. The van der Waals surface area contributed by atoms with Crippen LogP contribution >= 0.6 is 0 Å². The second-order valence-electron chi connectivity index (χ2n) is 7.55. The maximum absolute atomic E-state index is 12.8. The third-order valence-corrected chi connectivity index (χ3v) is 5.44. The molecule has 0 aliphatic carbocycles. The van der Waals surface area contributed by atoms with Crippen molar-refractivity contribution in [3.05, 3.63) is 30.0 Å². The Balaban J connectivity index is 2.14. The van der Waals surface area contributed by atoms with Gasteiger partial charge in [-0.15, -0.1) is 6.42 Å². The van der Waals surface area contributed by atoms with Crippen LogP contribution in [0.15, 0.2) is 24.3 Å². The smallest absolute Gasteiger partial charge is 0.268 e. The number of aromatic nitrogens is 1. The van der Waals surface area contributed by atoms with E-state index in [2.05, 4.69) is 21.5 Å². The number of fused-ring (bicyclic) bond motifs is 1. The summed E-state index contributed by atoms with van der Waals surface area (Å²) in [5.74, 6) is 3.00. The Morgan fingerprint density at radius 3 is 2.67 bits per heavy atom. The molecule has 0 bridgehead atoms. The normalized spacial score (nSPS) is 14.0. The molecule has 2 aromatic rings. The number of nitrogens with one attached hydrogen (secondary N) is 3. The Morgan fingerprint density at radius 1 is 1.33 bits per heavy atom. The first kappa shape index (κ1) is 23.6. The summed E-state index contributed by atoms with van der Waals surface area (Å²) in [7, 11) is 1.57. The molecule has 0 spiro atoms. The van der Waals surface area contributed by atoms with Gasteiger partial charge in [-0.2, -0.15) is 0 Å². The Kier molecular flexibility index (Phi) is 8.63. The van der Waals surface area contributed by atoms with Crippen LogP contribution in [0.1, 0.15) is 37.2 Å².